The van der Waals surface area contributed by atoms with Gasteiger partial charge in [0.05, 0.1) is 12.1 Å². The topological polar surface area (TPSA) is 18.5 Å². The summed E-state index contributed by atoms with van der Waals surface area (Å²) in [6.45, 7) is 5.95. The summed E-state index contributed by atoms with van der Waals surface area (Å²) in [5.41, 5.74) is 14.4. The molecule has 0 bridgehead atoms. The molecule has 8 unspecified atom stereocenters. The van der Waals surface area contributed by atoms with Gasteiger partial charge in [0, 0.05) is 59.7 Å². The van der Waals surface area contributed by atoms with E-state index in [2.05, 4.69) is 199 Å². The molecule has 0 aromatic heterocycles. The van der Waals surface area contributed by atoms with Gasteiger partial charge in [0.1, 0.15) is 0 Å². The highest BCUT2D eigenvalue weighted by molar-refractivity contribution is 5.78. The van der Waals surface area contributed by atoms with Gasteiger partial charge in [0.2, 0.25) is 0 Å². The summed E-state index contributed by atoms with van der Waals surface area (Å²) in [5, 5.41) is 3.90. The van der Waals surface area contributed by atoms with Gasteiger partial charge >= 0.3 is 0 Å². The highest BCUT2D eigenvalue weighted by Crippen LogP contribution is 2.50. The largest absolute Gasteiger partial charge is 0.377 e. The van der Waals surface area contributed by atoms with Gasteiger partial charge in [-0.05, 0) is 145 Å². The quantitative estimate of drug-likeness (QED) is 0.254. The van der Waals surface area contributed by atoms with E-state index < -0.39 is 0 Å². The highest BCUT2D eigenvalue weighted by atomic mass is 15.2. The molecular weight excluding hydrogens is 787 g/mol. The molecule has 3 heterocycles. The summed E-state index contributed by atoms with van der Waals surface area (Å²) in [6.07, 6.45) is 59.5. The number of dihydropyridines is 1. The highest BCUT2D eigenvalue weighted by Gasteiger charge is 2.48. The van der Waals surface area contributed by atoms with Gasteiger partial charge in [0.15, 0.2) is 0 Å². The van der Waals surface area contributed by atoms with Crippen LogP contribution in [0.15, 0.2) is 204 Å². The third-order valence-corrected chi connectivity index (χ3v) is 16.3. The molecule has 65 heavy (non-hydrogen) atoms. The lowest BCUT2D eigenvalue weighted by Crippen LogP contribution is -2.43. The Hall–Kier alpha value is -5.38. The Morgan fingerprint density at radius 3 is 2.48 bits per heavy atom. The number of benzene rings is 2. The van der Waals surface area contributed by atoms with E-state index in [1.165, 1.54) is 65.8 Å². The van der Waals surface area contributed by atoms with Crippen molar-refractivity contribution in [1.29, 1.82) is 0 Å². The lowest BCUT2D eigenvalue weighted by atomic mass is 9.75. The van der Waals surface area contributed by atoms with Crippen LogP contribution >= 0.6 is 0 Å². The van der Waals surface area contributed by atoms with Gasteiger partial charge in [-0.25, -0.2) is 0 Å². The fourth-order valence-electron chi connectivity index (χ4n) is 13.1. The zero-order valence-electron chi connectivity index (χ0n) is 38.8. The second-order valence-corrected chi connectivity index (χ2v) is 20.3. The van der Waals surface area contributed by atoms with E-state index in [0.717, 1.165) is 45.1 Å². The first-order chi connectivity index (χ1) is 32.1. The number of hydrogen-bond acceptors (Lipinski definition) is 3. The molecule has 6 aliphatic carbocycles. The molecule has 9 aliphatic rings. The van der Waals surface area contributed by atoms with E-state index in [1.54, 1.807) is 22.3 Å². The second-order valence-electron chi connectivity index (χ2n) is 20.3. The predicted molar refractivity (Wildman–Crippen MR) is 274 cm³/mol. The number of fused-ring (bicyclic) bond motifs is 4. The van der Waals surface area contributed by atoms with Crippen molar-refractivity contribution in [3.05, 3.63) is 215 Å². The Labute approximate surface area is 390 Å². The van der Waals surface area contributed by atoms with Crippen LogP contribution in [0.1, 0.15) is 102 Å². The number of anilines is 1. The monoisotopic (exact) mass is 856 g/mol. The average Bonchev–Trinajstić information content (AvgIpc) is 3.78. The van der Waals surface area contributed by atoms with Crippen LogP contribution in [0.25, 0.3) is 5.57 Å². The lowest BCUT2D eigenvalue weighted by molar-refractivity contribution is 0.185. The number of allylic oxidation sites excluding steroid dienone is 18. The number of rotatable bonds is 9. The molecule has 0 saturated carbocycles. The van der Waals surface area contributed by atoms with Crippen LogP contribution in [0.3, 0.4) is 0 Å². The number of nitrogens with one attached hydrogen (secondary N) is 1. The van der Waals surface area contributed by atoms with Crippen LogP contribution in [0.2, 0.25) is 0 Å². The molecule has 3 heteroatoms. The third kappa shape index (κ3) is 8.51. The Morgan fingerprint density at radius 1 is 0.800 bits per heavy atom. The molecule has 2 saturated heterocycles. The van der Waals surface area contributed by atoms with Crippen molar-refractivity contribution in [3.8, 4) is 0 Å². The van der Waals surface area contributed by atoms with Gasteiger partial charge < -0.3 is 10.2 Å². The first-order valence-corrected chi connectivity index (χ1v) is 25.5. The zero-order chi connectivity index (χ0) is 43.7. The van der Waals surface area contributed by atoms with Crippen molar-refractivity contribution in [2.75, 3.05) is 11.4 Å². The minimum atomic E-state index is 0.138. The second kappa shape index (κ2) is 18.8. The summed E-state index contributed by atoms with van der Waals surface area (Å²) < 4.78 is 0. The van der Waals surface area contributed by atoms with Gasteiger partial charge in [-0.3, -0.25) is 4.90 Å². The summed E-state index contributed by atoms with van der Waals surface area (Å²) in [5.74, 6) is 2.41. The molecule has 10 atom stereocenters. The minimum Gasteiger partial charge on any atom is -0.377 e. The van der Waals surface area contributed by atoms with E-state index >= 15 is 0 Å². The number of likely N-dealkylation sites (tertiary alicyclic amines) is 1. The van der Waals surface area contributed by atoms with Crippen LogP contribution in [0, 0.1) is 29.6 Å². The van der Waals surface area contributed by atoms with Crippen LogP contribution < -0.4 is 10.2 Å². The van der Waals surface area contributed by atoms with Gasteiger partial charge in [-0.1, -0.05) is 160 Å². The summed E-state index contributed by atoms with van der Waals surface area (Å²) >= 11 is 0. The maximum atomic E-state index is 3.90. The van der Waals surface area contributed by atoms with Crippen molar-refractivity contribution < 1.29 is 0 Å². The summed E-state index contributed by atoms with van der Waals surface area (Å²) in [7, 11) is 0. The Morgan fingerprint density at radius 2 is 1.68 bits per heavy atom. The maximum Gasteiger partial charge on any atom is 0.0704 e. The fraction of sp³-hybridized carbons (Fsp3) is 0.387. The van der Waals surface area contributed by atoms with Gasteiger partial charge in [0.25, 0.3) is 0 Å². The van der Waals surface area contributed by atoms with Crippen molar-refractivity contribution in [2.24, 2.45) is 29.6 Å². The van der Waals surface area contributed by atoms with Crippen LogP contribution in [0.4, 0.5) is 5.69 Å². The maximum absolute atomic E-state index is 3.90. The first-order valence-electron chi connectivity index (χ1n) is 25.5. The van der Waals surface area contributed by atoms with Crippen LogP contribution in [0.5, 0.6) is 0 Å². The SMILES string of the molecule is CC/C=C(\C=C1/CN([C@H]2C=CC([C@H]3C=CCCC3)=CC2)C2CCC=CC12)C1=CC2C3=CC=CCCC3N(c3ccc(C4=CC(c5ccccc5)NC(C5C=CC=CC5)=C4)cc3)C2C(C)C1. The van der Waals surface area contributed by atoms with E-state index in [4.69, 9.17) is 0 Å². The van der Waals surface area contributed by atoms with Crippen LogP contribution in [-0.4, -0.2) is 35.6 Å². The lowest BCUT2D eigenvalue weighted by Gasteiger charge is -2.39. The van der Waals surface area contributed by atoms with Crippen molar-refractivity contribution in [2.45, 2.75) is 115 Å². The number of hydrogen-bond donors (Lipinski definition) is 1. The fourth-order valence-corrected chi connectivity index (χ4v) is 13.1. The van der Waals surface area contributed by atoms with Gasteiger partial charge in [-0.15, -0.1) is 0 Å². The third-order valence-electron chi connectivity index (χ3n) is 16.3. The van der Waals surface area contributed by atoms with E-state index in [9.17, 15) is 0 Å². The van der Waals surface area contributed by atoms with E-state index in [1.807, 2.05) is 0 Å². The summed E-state index contributed by atoms with van der Waals surface area (Å²) in [6, 6.07) is 22.7. The Bertz CT molecular complexity index is 2510. The molecule has 2 fully saturated rings. The molecular formula is C62H69N3. The molecule has 2 aromatic carbocycles. The number of nitrogens with zero attached hydrogens (tertiary/aromatic N) is 2. The molecule has 1 N–H and O–H groups in total. The molecule has 0 spiro atoms. The molecule has 3 aliphatic heterocycles. The molecule has 0 radical (unpaired) electrons. The average molecular weight is 856 g/mol. The molecule has 0 amide bonds. The van der Waals surface area contributed by atoms with E-state index in [-0.39, 0.29) is 6.04 Å². The smallest absolute Gasteiger partial charge is 0.0704 e. The van der Waals surface area contributed by atoms with Crippen molar-refractivity contribution >= 4 is 11.3 Å². The molecule has 11 rings (SSSR count). The Balaban J connectivity index is 0.870. The van der Waals surface area contributed by atoms with Crippen LogP contribution in [-0.2, 0) is 0 Å². The van der Waals surface area contributed by atoms with Crippen molar-refractivity contribution in [3.63, 3.8) is 0 Å². The first kappa shape index (κ1) is 42.3. The molecule has 2 aromatic rings. The minimum absolute atomic E-state index is 0.138. The standard InChI is InChI=1S/C62H69N3/c1-3-18-49(38-52-42-64(60-27-17-16-25-55(52)60)53-33-29-45(30-34-53)44-19-8-4-9-20-44)50-37-43(2)62-57(39-50)56-26-14-7-15-28-61(56)65(62)54-35-31-46(32-36-54)51-40-58(47-21-10-5-11-22-47)63-59(41-51)48-23-12-6-13-24-48/h5-8,10-14,16,18-19,21-23,25-26,29-33,35-36,38-41,43-44,48,53,55,57-58,60-63H,3-4,9,15,17,20,24,27-28,34,37,42H2,1-2H3/b49-18+,52-38+/t43?,44-,48?,53-,55?,57?,58?,60?,61?,62?/m0/s1. The summed E-state index contributed by atoms with van der Waals surface area (Å²) in [4.78, 5) is 5.72. The van der Waals surface area contributed by atoms with Gasteiger partial charge in [-0.2, -0.15) is 0 Å². The predicted octanol–water partition coefficient (Wildman–Crippen LogP) is 14.4. The molecule has 3 nitrogen and oxygen atoms in total. The molecule has 332 valence electrons. The zero-order valence-corrected chi connectivity index (χ0v) is 38.8. The normalized spacial score (nSPS) is 33.6. The van der Waals surface area contributed by atoms with E-state index in [0.29, 0.717) is 53.8 Å². The Kier molecular flexibility index (Phi) is 12.3. The van der Waals surface area contributed by atoms with Crippen molar-refractivity contribution in [1.82, 2.24) is 10.2 Å².